The standard InChI is InChI=1S/C13H11FN2O3/c1-8-6-12(17)11(7-13(18)19)15-16(8)10-4-2-9(14)3-5-10/h2-6H,7H2,1H3,(H,18,19). The lowest BCUT2D eigenvalue weighted by Crippen LogP contribution is -2.21. The van der Waals surface area contributed by atoms with Gasteiger partial charge in [-0.15, -0.1) is 0 Å². The number of aliphatic carboxylic acids is 1. The van der Waals surface area contributed by atoms with Crippen molar-refractivity contribution in [2.24, 2.45) is 0 Å². The summed E-state index contributed by atoms with van der Waals surface area (Å²) in [4.78, 5) is 22.3. The molecule has 2 rings (SSSR count). The average molecular weight is 262 g/mol. The zero-order valence-corrected chi connectivity index (χ0v) is 10.1. The molecule has 0 aliphatic rings. The van der Waals surface area contributed by atoms with Gasteiger partial charge in [0.15, 0.2) is 0 Å². The van der Waals surface area contributed by atoms with Crippen LogP contribution in [0.3, 0.4) is 0 Å². The van der Waals surface area contributed by atoms with Crippen molar-refractivity contribution in [1.82, 2.24) is 9.78 Å². The Labute approximate surface area is 107 Å². The molecule has 0 saturated carbocycles. The van der Waals surface area contributed by atoms with Crippen LogP contribution in [0.25, 0.3) is 5.69 Å². The Kier molecular flexibility index (Phi) is 3.41. The van der Waals surface area contributed by atoms with E-state index in [4.69, 9.17) is 5.11 Å². The first-order valence-corrected chi connectivity index (χ1v) is 5.55. The van der Waals surface area contributed by atoms with Crippen LogP contribution in [0.2, 0.25) is 0 Å². The van der Waals surface area contributed by atoms with Crippen LogP contribution in [0.1, 0.15) is 11.4 Å². The molecule has 1 heterocycles. The third-order valence-corrected chi connectivity index (χ3v) is 2.57. The molecule has 0 aliphatic carbocycles. The summed E-state index contributed by atoms with van der Waals surface area (Å²) in [6, 6.07) is 6.86. The third kappa shape index (κ3) is 2.85. The molecule has 2 aromatic rings. The van der Waals surface area contributed by atoms with Gasteiger partial charge >= 0.3 is 5.97 Å². The summed E-state index contributed by atoms with van der Waals surface area (Å²) in [7, 11) is 0. The number of aromatic nitrogens is 2. The molecule has 1 aromatic carbocycles. The molecule has 0 atom stereocenters. The Hall–Kier alpha value is -2.50. The van der Waals surface area contributed by atoms with E-state index in [1.807, 2.05) is 0 Å². The zero-order valence-electron chi connectivity index (χ0n) is 10.1. The number of benzene rings is 1. The lowest BCUT2D eigenvalue weighted by Gasteiger charge is -2.10. The minimum Gasteiger partial charge on any atom is -0.481 e. The number of aryl methyl sites for hydroxylation is 1. The van der Waals surface area contributed by atoms with Crippen molar-refractivity contribution in [3.8, 4) is 5.69 Å². The van der Waals surface area contributed by atoms with Crippen molar-refractivity contribution in [3.05, 3.63) is 57.8 Å². The van der Waals surface area contributed by atoms with Crippen LogP contribution >= 0.6 is 0 Å². The van der Waals surface area contributed by atoms with Crippen LogP contribution in [0, 0.1) is 12.7 Å². The van der Waals surface area contributed by atoms with Crippen molar-refractivity contribution in [2.75, 3.05) is 0 Å². The summed E-state index contributed by atoms with van der Waals surface area (Å²) in [5.74, 6) is -1.51. The predicted octanol–water partition coefficient (Wildman–Crippen LogP) is 1.31. The van der Waals surface area contributed by atoms with E-state index in [-0.39, 0.29) is 11.5 Å². The minimum atomic E-state index is -1.13. The van der Waals surface area contributed by atoms with E-state index in [2.05, 4.69) is 5.10 Å². The molecule has 1 N–H and O–H groups in total. The SMILES string of the molecule is Cc1cc(=O)c(CC(=O)O)nn1-c1ccc(F)cc1. The molecular formula is C13H11FN2O3. The lowest BCUT2D eigenvalue weighted by molar-refractivity contribution is -0.136. The molecule has 0 spiro atoms. The van der Waals surface area contributed by atoms with E-state index >= 15 is 0 Å². The van der Waals surface area contributed by atoms with Crippen molar-refractivity contribution in [2.45, 2.75) is 13.3 Å². The van der Waals surface area contributed by atoms with Gasteiger partial charge in [0.1, 0.15) is 11.5 Å². The van der Waals surface area contributed by atoms with Crippen molar-refractivity contribution >= 4 is 5.97 Å². The summed E-state index contributed by atoms with van der Waals surface area (Å²) in [6.45, 7) is 1.67. The molecule has 0 amide bonds. The highest BCUT2D eigenvalue weighted by molar-refractivity contribution is 5.69. The van der Waals surface area contributed by atoms with Crippen molar-refractivity contribution in [1.29, 1.82) is 0 Å². The van der Waals surface area contributed by atoms with Gasteiger partial charge < -0.3 is 5.11 Å². The van der Waals surface area contributed by atoms with Crippen LogP contribution in [0.4, 0.5) is 4.39 Å². The van der Waals surface area contributed by atoms with Gasteiger partial charge in [-0.05, 0) is 31.2 Å². The number of rotatable bonds is 3. The molecule has 0 radical (unpaired) electrons. The first-order chi connectivity index (χ1) is 8.97. The number of hydrogen-bond donors (Lipinski definition) is 1. The fraction of sp³-hybridized carbons (Fsp3) is 0.154. The number of nitrogens with zero attached hydrogens (tertiary/aromatic N) is 2. The summed E-state index contributed by atoms with van der Waals surface area (Å²) >= 11 is 0. The fourth-order valence-corrected chi connectivity index (χ4v) is 1.69. The van der Waals surface area contributed by atoms with Crippen LogP contribution in [-0.4, -0.2) is 20.9 Å². The maximum absolute atomic E-state index is 12.9. The van der Waals surface area contributed by atoms with Gasteiger partial charge in [-0.3, -0.25) is 9.59 Å². The molecule has 0 unspecified atom stereocenters. The second kappa shape index (κ2) is 5.01. The first kappa shape index (κ1) is 12.9. The normalized spacial score (nSPS) is 10.4. The lowest BCUT2D eigenvalue weighted by atomic mass is 10.2. The highest BCUT2D eigenvalue weighted by Gasteiger charge is 2.10. The molecule has 98 valence electrons. The number of carbonyl (C=O) groups is 1. The van der Waals surface area contributed by atoms with Crippen LogP contribution in [0.5, 0.6) is 0 Å². The predicted molar refractivity (Wildman–Crippen MR) is 65.9 cm³/mol. The summed E-state index contributed by atoms with van der Waals surface area (Å²) in [6.07, 6.45) is -0.444. The van der Waals surface area contributed by atoms with Gasteiger partial charge in [-0.1, -0.05) is 0 Å². The molecule has 0 saturated heterocycles. The van der Waals surface area contributed by atoms with E-state index in [1.54, 1.807) is 6.92 Å². The Bertz CT molecular complexity index is 677. The maximum atomic E-state index is 12.9. The summed E-state index contributed by atoms with van der Waals surface area (Å²) < 4.78 is 14.3. The minimum absolute atomic E-state index is 0.0533. The quantitative estimate of drug-likeness (QED) is 0.905. The number of hydrogen-bond acceptors (Lipinski definition) is 3. The first-order valence-electron chi connectivity index (χ1n) is 5.55. The molecular weight excluding hydrogens is 251 g/mol. The van der Waals surface area contributed by atoms with E-state index in [9.17, 15) is 14.0 Å². The Morgan fingerprint density at radius 1 is 1.37 bits per heavy atom. The Morgan fingerprint density at radius 2 is 2.00 bits per heavy atom. The molecule has 19 heavy (non-hydrogen) atoms. The number of carboxylic acid groups (broad SMARTS) is 1. The molecule has 5 nitrogen and oxygen atoms in total. The van der Waals surface area contributed by atoms with Gasteiger partial charge in [-0.2, -0.15) is 5.10 Å². The summed E-state index contributed by atoms with van der Waals surface area (Å²) in [5, 5.41) is 12.7. The maximum Gasteiger partial charge on any atom is 0.309 e. The zero-order chi connectivity index (χ0) is 14.0. The third-order valence-electron chi connectivity index (χ3n) is 2.57. The molecule has 0 fully saturated rings. The van der Waals surface area contributed by atoms with E-state index < -0.39 is 17.8 Å². The topological polar surface area (TPSA) is 72.2 Å². The molecule has 0 aliphatic heterocycles. The van der Waals surface area contributed by atoms with Crippen LogP contribution < -0.4 is 5.43 Å². The molecule has 6 heteroatoms. The Balaban J connectivity index is 2.54. The smallest absolute Gasteiger partial charge is 0.309 e. The van der Waals surface area contributed by atoms with Crippen molar-refractivity contribution in [3.63, 3.8) is 0 Å². The largest absolute Gasteiger partial charge is 0.481 e. The highest BCUT2D eigenvalue weighted by atomic mass is 19.1. The number of halogens is 1. The van der Waals surface area contributed by atoms with Crippen molar-refractivity contribution < 1.29 is 14.3 Å². The van der Waals surface area contributed by atoms with Crippen LogP contribution in [-0.2, 0) is 11.2 Å². The molecule has 1 aromatic heterocycles. The van der Waals surface area contributed by atoms with Crippen LogP contribution in [0.15, 0.2) is 35.1 Å². The van der Waals surface area contributed by atoms with E-state index in [1.165, 1.54) is 35.0 Å². The number of carboxylic acids is 1. The Morgan fingerprint density at radius 3 is 2.58 bits per heavy atom. The van der Waals surface area contributed by atoms with Gasteiger partial charge in [-0.25, -0.2) is 9.07 Å². The van der Waals surface area contributed by atoms with Gasteiger partial charge in [0.25, 0.3) is 0 Å². The second-order valence-corrected chi connectivity index (χ2v) is 4.06. The monoisotopic (exact) mass is 262 g/mol. The fourth-order valence-electron chi connectivity index (χ4n) is 1.69. The average Bonchev–Trinajstić information content (AvgIpc) is 2.33. The van der Waals surface area contributed by atoms with E-state index in [0.29, 0.717) is 11.4 Å². The van der Waals surface area contributed by atoms with Gasteiger partial charge in [0.05, 0.1) is 12.1 Å². The molecule has 0 bridgehead atoms. The van der Waals surface area contributed by atoms with Gasteiger partial charge in [0, 0.05) is 11.8 Å². The summed E-state index contributed by atoms with van der Waals surface area (Å²) in [5.41, 5.74) is 0.636. The van der Waals surface area contributed by atoms with E-state index in [0.717, 1.165) is 0 Å². The second-order valence-electron chi connectivity index (χ2n) is 4.06. The highest BCUT2D eigenvalue weighted by Crippen LogP contribution is 2.09. The van der Waals surface area contributed by atoms with Gasteiger partial charge in [0.2, 0.25) is 5.43 Å².